The molecule has 7 nitrogen and oxygen atoms in total. The first-order valence-corrected chi connectivity index (χ1v) is 13.1. The number of nitrogens with zero attached hydrogens (tertiary/aromatic N) is 2. The molecule has 7 heteroatoms. The molecule has 0 bridgehead atoms. The third kappa shape index (κ3) is 5.57. The van der Waals surface area contributed by atoms with E-state index in [1.807, 2.05) is 86.9 Å². The lowest BCUT2D eigenvalue weighted by atomic mass is 9.83. The molecule has 0 unspecified atom stereocenters. The van der Waals surface area contributed by atoms with Crippen molar-refractivity contribution < 1.29 is 14.7 Å². The van der Waals surface area contributed by atoms with Crippen LogP contribution in [0.25, 0.3) is 11.0 Å². The van der Waals surface area contributed by atoms with Crippen LogP contribution in [0.2, 0.25) is 0 Å². The number of Topliss-reactive ketones (excluding diaryl/α,β-unsaturated/α-hetero) is 1. The summed E-state index contributed by atoms with van der Waals surface area (Å²) in [5, 5.41) is 22.7. The maximum Gasteiger partial charge on any atom is 0.255 e. The van der Waals surface area contributed by atoms with Gasteiger partial charge in [-0.15, -0.1) is 0 Å². The Morgan fingerprint density at radius 1 is 0.947 bits per heavy atom. The third-order valence-electron chi connectivity index (χ3n) is 6.76. The molecule has 0 aliphatic rings. The molecule has 0 atom stereocenters. The summed E-state index contributed by atoms with van der Waals surface area (Å²) in [6.07, 6.45) is 1.76. The molecule has 0 saturated carbocycles. The number of hydrogen-bond acceptors (Lipinski definition) is 4. The summed E-state index contributed by atoms with van der Waals surface area (Å²) in [6, 6.07) is 20.8. The number of imidazole rings is 1. The number of aromatic nitrogens is 2. The van der Waals surface area contributed by atoms with Gasteiger partial charge in [-0.3, -0.25) is 15.0 Å². The van der Waals surface area contributed by atoms with Gasteiger partial charge >= 0.3 is 0 Å². The topological polar surface area (TPSA) is 100 Å². The normalized spacial score (nSPS) is 11.6. The van der Waals surface area contributed by atoms with Crippen LogP contribution < -0.4 is 10.9 Å². The van der Waals surface area contributed by atoms with Crippen molar-refractivity contribution in [2.75, 3.05) is 6.54 Å². The molecule has 1 heterocycles. The van der Waals surface area contributed by atoms with Gasteiger partial charge in [-0.1, -0.05) is 76.6 Å². The summed E-state index contributed by atoms with van der Waals surface area (Å²) in [4.78, 5) is 26.6. The first-order chi connectivity index (χ1) is 18.1. The number of fused-ring (bicyclic) bond motifs is 1. The van der Waals surface area contributed by atoms with Crippen molar-refractivity contribution in [2.24, 2.45) is 0 Å². The number of amides is 1. The Balaban J connectivity index is 1.74. The van der Waals surface area contributed by atoms with Crippen molar-refractivity contribution in [1.82, 2.24) is 14.5 Å². The Bertz CT molecular complexity index is 1520. The minimum atomic E-state index is -0.488. The number of aromatic hydroxyl groups is 1. The van der Waals surface area contributed by atoms with E-state index in [0.717, 1.165) is 29.4 Å². The zero-order valence-corrected chi connectivity index (χ0v) is 22.5. The van der Waals surface area contributed by atoms with E-state index < -0.39 is 11.3 Å². The highest BCUT2D eigenvalue weighted by molar-refractivity contribution is 6.03. The largest absolute Gasteiger partial charge is 0.507 e. The molecular weight excluding hydrogens is 476 g/mol. The van der Waals surface area contributed by atoms with Crippen LogP contribution in [-0.2, 0) is 18.5 Å². The van der Waals surface area contributed by atoms with Crippen LogP contribution >= 0.6 is 0 Å². The summed E-state index contributed by atoms with van der Waals surface area (Å²) in [7, 11) is 0. The van der Waals surface area contributed by atoms with E-state index >= 15 is 0 Å². The zero-order valence-electron chi connectivity index (χ0n) is 22.5. The molecule has 1 amide bonds. The number of rotatable bonds is 9. The van der Waals surface area contributed by atoms with Gasteiger partial charge in [-0.2, -0.15) is 0 Å². The highest BCUT2D eigenvalue weighted by Gasteiger charge is 2.26. The van der Waals surface area contributed by atoms with E-state index in [9.17, 15) is 14.7 Å². The van der Waals surface area contributed by atoms with E-state index in [0.29, 0.717) is 24.2 Å². The van der Waals surface area contributed by atoms with Crippen LogP contribution in [0.5, 0.6) is 5.75 Å². The third-order valence-corrected chi connectivity index (χ3v) is 6.76. The second kappa shape index (κ2) is 11.1. The zero-order chi connectivity index (χ0) is 27.4. The predicted molar refractivity (Wildman–Crippen MR) is 150 cm³/mol. The van der Waals surface area contributed by atoms with Gasteiger partial charge in [0.2, 0.25) is 5.62 Å². The predicted octanol–water partition coefficient (Wildman–Crippen LogP) is 5.39. The van der Waals surface area contributed by atoms with Gasteiger partial charge in [0.05, 0.1) is 29.7 Å². The van der Waals surface area contributed by atoms with Gasteiger partial charge in [0, 0.05) is 17.7 Å². The van der Waals surface area contributed by atoms with Gasteiger partial charge in [-0.05, 0) is 41.7 Å². The fourth-order valence-electron chi connectivity index (χ4n) is 4.63. The molecule has 3 N–H and O–H groups in total. The molecule has 4 aromatic rings. The minimum absolute atomic E-state index is 0.0631. The van der Waals surface area contributed by atoms with E-state index in [1.54, 1.807) is 10.6 Å². The van der Waals surface area contributed by atoms with Crippen molar-refractivity contribution in [2.45, 2.75) is 59.0 Å². The van der Waals surface area contributed by atoms with Gasteiger partial charge in [0.25, 0.3) is 5.91 Å². The van der Waals surface area contributed by atoms with Gasteiger partial charge in [0.15, 0.2) is 5.78 Å². The summed E-state index contributed by atoms with van der Waals surface area (Å²) in [5.74, 6) is -0.736. The fourth-order valence-corrected chi connectivity index (χ4v) is 4.63. The second-order valence-corrected chi connectivity index (χ2v) is 10.7. The van der Waals surface area contributed by atoms with Crippen LogP contribution in [0, 0.1) is 5.41 Å². The number of hydrogen-bond donors (Lipinski definition) is 3. The van der Waals surface area contributed by atoms with Crippen molar-refractivity contribution in [3.05, 3.63) is 94.6 Å². The summed E-state index contributed by atoms with van der Waals surface area (Å²) in [5.41, 5.74) is 3.41. The van der Waals surface area contributed by atoms with Crippen LogP contribution in [0.3, 0.4) is 0 Å². The Hall–Kier alpha value is -4.13. The number of nitrogens with one attached hydrogen (secondary N) is 2. The monoisotopic (exact) mass is 512 g/mol. The lowest BCUT2D eigenvalue weighted by Gasteiger charge is -2.23. The van der Waals surface area contributed by atoms with Crippen LogP contribution in [0.1, 0.15) is 72.4 Å². The molecule has 0 aliphatic carbocycles. The molecule has 4 rings (SSSR count). The Morgan fingerprint density at radius 3 is 2.21 bits per heavy atom. The summed E-state index contributed by atoms with van der Waals surface area (Å²) in [6.45, 7) is 8.78. The average molecular weight is 513 g/mol. The Kier molecular flexibility index (Phi) is 7.86. The lowest BCUT2D eigenvalue weighted by molar-refractivity contribution is 0.0950. The first kappa shape index (κ1) is 26.9. The van der Waals surface area contributed by atoms with Gasteiger partial charge in [-0.25, -0.2) is 0 Å². The first-order valence-electron chi connectivity index (χ1n) is 13.1. The second-order valence-electron chi connectivity index (χ2n) is 10.7. The maximum absolute atomic E-state index is 13.7. The molecule has 0 saturated heterocycles. The number of carbonyl (C=O) groups excluding carboxylic acids is 2. The van der Waals surface area contributed by atoms with Crippen LogP contribution in [0.4, 0.5) is 0 Å². The smallest absolute Gasteiger partial charge is 0.255 e. The molecule has 1 aromatic heterocycles. The minimum Gasteiger partial charge on any atom is -0.507 e. The number of unbranched alkanes of at least 4 members (excludes halogenated alkanes) is 1. The van der Waals surface area contributed by atoms with Crippen LogP contribution in [-0.4, -0.2) is 32.5 Å². The molecule has 0 radical (unpaired) electrons. The summed E-state index contributed by atoms with van der Waals surface area (Å²) < 4.78 is 3.59. The average Bonchev–Trinajstić information content (AvgIpc) is 3.14. The number of benzene rings is 3. The van der Waals surface area contributed by atoms with Crippen molar-refractivity contribution in [3.8, 4) is 5.75 Å². The lowest BCUT2D eigenvalue weighted by Crippen LogP contribution is -2.28. The van der Waals surface area contributed by atoms with Crippen LogP contribution in [0.15, 0.2) is 66.7 Å². The number of carbonyl (C=O) groups is 2. The number of ketones is 1. The number of para-hydroxylation sites is 2. The van der Waals surface area contributed by atoms with Gasteiger partial charge in [0.1, 0.15) is 5.75 Å². The number of phenolic OH excluding ortho intramolecular Hbond substituents is 1. The van der Waals surface area contributed by atoms with Crippen molar-refractivity contribution in [1.29, 1.82) is 5.41 Å². The molecule has 0 fully saturated rings. The molecule has 3 aromatic carbocycles. The Morgan fingerprint density at radius 2 is 1.58 bits per heavy atom. The standard InChI is InChI=1S/C31H36N4O3/c1-5-6-16-33-29(38)23-17-22(18-24(28(23)37)31(2,3)4)27(36)20-35-26-15-11-10-14-25(26)34(30(35)32)19-21-12-8-7-9-13-21/h7-15,17-18,32,37H,5-6,16,19-20H2,1-4H3,(H,33,38). The van der Waals surface area contributed by atoms with Crippen molar-refractivity contribution in [3.63, 3.8) is 0 Å². The molecule has 38 heavy (non-hydrogen) atoms. The molecule has 0 aliphatic heterocycles. The molecule has 0 spiro atoms. The molecule has 198 valence electrons. The van der Waals surface area contributed by atoms with E-state index in [2.05, 4.69) is 5.32 Å². The fraction of sp³-hybridized carbons (Fsp3) is 0.323. The summed E-state index contributed by atoms with van der Waals surface area (Å²) >= 11 is 0. The Labute approximate surface area is 223 Å². The van der Waals surface area contributed by atoms with E-state index in [1.165, 1.54) is 6.07 Å². The number of phenols is 1. The highest BCUT2D eigenvalue weighted by Crippen LogP contribution is 2.35. The van der Waals surface area contributed by atoms with E-state index in [-0.39, 0.29) is 29.3 Å². The maximum atomic E-state index is 13.7. The molecular formula is C31H36N4O3. The SMILES string of the molecule is CCCCNC(=O)c1cc(C(=O)Cn2c(=N)n(Cc3ccccc3)c3ccccc32)cc(C(C)(C)C)c1O. The van der Waals surface area contributed by atoms with E-state index in [4.69, 9.17) is 5.41 Å². The van der Waals surface area contributed by atoms with Gasteiger partial charge < -0.3 is 19.6 Å². The highest BCUT2D eigenvalue weighted by atomic mass is 16.3. The quantitative estimate of drug-likeness (QED) is 0.207. The van der Waals surface area contributed by atoms with Crippen molar-refractivity contribution >= 4 is 22.7 Å².